The molecule has 1 heterocycles. The number of fused-ring (bicyclic) bond motifs is 3. The van der Waals surface area contributed by atoms with Gasteiger partial charge in [0.15, 0.2) is 6.61 Å². The molecule has 34 heavy (non-hydrogen) atoms. The van der Waals surface area contributed by atoms with Crippen molar-refractivity contribution in [3.05, 3.63) is 29.0 Å². The Morgan fingerprint density at radius 1 is 1.18 bits per heavy atom. The van der Waals surface area contributed by atoms with Crippen molar-refractivity contribution < 1.29 is 32.6 Å². The number of alkyl halides is 2. The summed E-state index contributed by atoms with van der Waals surface area (Å²) in [5, 5.41) is 22.2. The van der Waals surface area contributed by atoms with Gasteiger partial charge >= 0.3 is 0 Å². The lowest BCUT2D eigenvalue weighted by molar-refractivity contribution is -0.137. The van der Waals surface area contributed by atoms with Crippen molar-refractivity contribution in [3.63, 3.8) is 0 Å². The quantitative estimate of drug-likeness (QED) is 0.380. The molecular formula is C22H28ClF3N4O4. The lowest BCUT2D eigenvalue weighted by Gasteiger charge is -2.56. The number of aliphatic hydroxyl groups excluding tert-OH is 1. The molecule has 1 aromatic rings. The van der Waals surface area contributed by atoms with Crippen LogP contribution in [0.4, 0.5) is 13.2 Å². The third-order valence-electron chi connectivity index (χ3n) is 7.15. The van der Waals surface area contributed by atoms with Gasteiger partial charge in [-0.1, -0.05) is 11.6 Å². The first-order chi connectivity index (χ1) is 16.1. The average molecular weight is 505 g/mol. The van der Waals surface area contributed by atoms with Gasteiger partial charge in [0.2, 0.25) is 5.91 Å². The molecule has 0 radical (unpaired) electrons. The molecule has 3 aliphatic carbocycles. The third-order valence-corrected chi connectivity index (χ3v) is 7.45. The molecule has 0 spiro atoms. The Balaban J connectivity index is 1.28. The molecule has 0 aromatic heterocycles. The number of piperazine rings is 1. The zero-order chi connectivity index (χ0) is 24.5. The van der Waals surface area contributed by atoms with E-state index >= 15 is 0 Å². The van der Waals surface area contributed by atoms with Crippen molar-refractivity contribution in [2.45, 2.75) is 67.8 Å². The summed E-state index contributed by atoms with van der Waals surface area (Å²) < 4.78 is 44.5. The molecule has 3 saturated carbocycles. The van der Waals surface area contributed by atoms with E-state index in [0.29, 0.717) is 25.7 Å². The van der Waals surface area contributed by atoms with Crippen LogP contribution in [0.5, 0.6) is 5.75 Å². The predicted octanol–water partition coefficient (Wildman–Crippen LogP) is 1.10. The minimum atomic E-state index is -2.52. The Morgan fingerprint density at radius 2 is 1.91 bits per heavy atom. The zero-order valence-electron chi connectivity index (χ0n) is 18.4. The highest BCUT2D eigenvalue weighted by atomic mass is 35.5. The minimum absolute atomic E-state index is 0.0226. The monoisotopic (exact) mass is 504 g/mol. The summed E-state index contributed by atoms with van der Waals surface area (Å²) in [6.45, 7) is -0.267. The standard InChI is InChI=1S/C22H28ClF3N4O4/c23-13-2-1-12(7-14(13)24)34-11-18(32)29-21-3-5-22(6-4-21,17(31)8-21)30-20(33)16-10-27-15(9-28-16)19(25)26/h1-2,7,15-17,19,27-28,31H,3-6,8-11H2,(H,29,32)(H,30,33)/t15?,16?,17-,21?,22?/m0/s1. The summed E-state index contributed by atoms with van der Waals surface area (Å²) in [5.41, 5.74) is -1.44. The average Bonchev–Trinajstić information content (AvgIpc) is 2.81. The van der Waals surface area contributed by atoms with Gasteiger partial charge in [-0.25, -0.2) is 13.2 Å². The van der Waals surface area contributed by atoms with Crippen LogP contribution in [0.3, 0.4) is 0 Å². The van der Waals surface area contributed by atoms with E-state index in [4.69, 9.17) is 16.3 Å². The summed E-state index contributed by atoms with van der Waals surface area (Å²) in [4.78, 5) is 25.2. The Hall–Kier alpha value is -2.08. The minimum Gasteiger partial charge on any atom is -0.484 e. The van der Waals surface area contributed by atoms with E-state index in [1.807, 2.05) is 0 Å². The fourth-order valence-corrected chi connectivity index (χ4v) is 5.21. The maximum absolute atomic E-state index is 13.5. The Morgan fingerprint density at radius 3 is 2.50 bits per heavy atom. The molecule has 5 rings (SSSR count). The highest BCUT2D eigenvalue weighted by molar-refractivity contribution is 6.30. The molecule has 12 heteroatoms. The van der Waals surface area contributed by atoms with E-state index in [1.165, 1.54) is 12.1 Å². The van der Waals surface area contributed by atoms with Crippen LogP contribution in [0.2, 0.25) is 5.02 Å². The number of hydrogen-bond acceptors (Lipinski definition) is 6. The van der Waals surface area contributed by atoms with Gasteiger partial charge < -0.3 is 31.1 Å². The molecule has 8 nitrogen and oxygen atoms in total. The number of benzene rings is 1. The predicted molar refractivity (Wildman–Crippen MR) is 117 cm³/mol. The highest BCUT2D eigenvalue weighted by Crippen LogP contribution is 2.47. The van der Waals surface area contributed by atoms with Gasteiger partial charge in [0.05, 0.1) is 28.7 Å². The third kappa shape index (κ3) is 5.27. The number of aliphatic hydroxyl groups is 1. The largest absolute Gasteiger partial charge is 0.484 e. The number of hydrogen-bond donors (Lipinski definition) is 5. The van der Waals surface area contributed by atoms with Crippen LogP contribution in [0.1, 0.15) is 32.1 Å². The van der Waals surface area contributed by atoms with Crippen molar-refractivity contribution in [1.82, 2.24) is 21.3 Å². The first-order valence-electron chi connectivity index (χ1n) is 11.3. The molecule has 1 aliphatic heterocycles. The molecule has 2 bridgehead atoms. The van der Waals surface area contributed by atoms with E-state index in [9.17, 15) is 27.9 Å². The molecule has 1 aromatic carbocycles. The summed E-state index contributed by atoms with van der Waals surface area (Å²) in [6.07, 6.45) is -1.11. The van der Waals surface area contributed by atoms with E-state index in [0.717, 1.165) is 6.07 Å². The molecule has 2 amide bonds. The second kappa shape index (κ2) is 9.88. The molecule has 2 unspecified atom stereocenters. The molecule has 5 N–H and O–H groups in total. The van der Waals surface area contributed by atoms with E-state index in [2.05, 4.69) is 21.3 Å². The summed E-state index contributed by atoms with van der Waals surface area (Å²) >= 11 is 5.64. The lowest BCUT2D eigenvalue weighted by atomic mass is 9.59. The lowest BCUT2D eigenvalue weighted by Crippen LogP contribution is -2.72. The van der Waals surface area contributed by atoms with Gasteiger partial charge in [0.25, 0.3) is 12.3 Å². The number of nitrogens with one attached hydrogen (secondary N) is 4. The normalized spacial score (nSPS) is 32.9. The molecular weight excluding hydrogens is 477 g/mol. The first-order valence-corrected chi connectivity index (χ1v) is 11.6. The summed E-state index contributed by atoms with van der Waals surface area (Å²) in [5.74, 6) is -1.21. The molecule has 3 atom stereocenters. The van der Waals surface area contributed by atoms with Crippen molar-refractivity contribution in [2.75, 3.05) is 19.7 Å². The van der Waals surface area contributed by atoms with Crippen LogP contribution in [0.25, 0.3) is 0 Å². The number of rotatable bonds is 7. The number of halogens is 4. The Kier molecular flexibility index (Phi) is 7.28. The number of carbonyl (C=O) groups excluding carboxylic acids is 2. The van der Waals surface area contributed by atoms with E-state index in [1.54, 1.807) is 0 Å². The van der Waals surface area contributed by atoms with E-state index < -0.39 is 47.4 Å². The van der Waals surface area contributed by atoms with Crippen LogP contribution in [0, 0.1) is 5.82 Å². The van der Waals surface area contributed by atoms with Crippen molar-refractivity contribution in [3.8, 4) is 5.75 Å². The number of amides is 2. The van der Waals surface area contributed by atoms with Crippen molar-refractivity contribution in [2.24, 2.45) is 0 Å². The topological polar surface area (TPSA) is 112 Å². The SMILES string of the molecule is O=C(COc1ccc(Cl)c(F)c1)NC12CCC(NC(=O)C3CNC(C(F)F)CN3)(CC1)[C@@H](O)C2. The maximum atomic E-state index is 13.5. The second-order valence-corrected chi connectivity index (χ2v) is 9.78. The van der Waals surface area contributed by atoms with Gasteiger partial charge in [0.1, 0.15) is 11.6 Å². The van der Waals surface area contributed by atoms with Gasteiger partial charge in [-0.3, -0.25) is 9.59 Å². The fraction of sp³-hybridized carbons (Fsp3) is 0.636. The van der Waals surface area contributed by atoms with Crippen LogP contribution in [0.15, 0.2) is 18.2 Å². The Bertz CT molecular complexity index is 921. The van der Waals surface area contributed by atoms with Gasteiger partial charge in [-0.2, -0.15) is 0 Å². The maximum Gasteiger partial charge on any atom is 0.258 e. The molecule has 4 fully saturated rings. The van der Waals surface area contributed by atoms with Crippen LogP contribution >= 0.6 is 11.6 Å². The van der Waals surface area contributed by atoms with Crippen LogP contribution in [-0.4, -0.2) is 72.3 Å². The highest BCUT2D eigenvalue weighted by Gasteiger charge is 2.55. The fourth-order valence-electron chi connectivity index (χ4n) is 5.09. The first kappa shape index (κ1) is 25.0. The van der Waals surface area contributed by atoms with E-state index in [-0.39, 0.29) is 42.8 Å². The summed E-state index contributed by atoms with van der Waals surface area (Å²) in [6, 6.07) is 2.23. The smallest absolute Gasteiger partial charge is 0.258 e. The van der Waals surface area contributed by atoms with Crippen molar-refractivity contribution in [1.29, 1.82) is 0 Å². The Labute approximate surface area is 199 Å². The van der Waals surface area contributed by atoms with Gasteiger partial charge in [-0.05, 0) is 44.2 Å². The van der Waals surface area contributed by atoms with Gasteiger partial charge in [0, 0.05) is 24.7 Å². The molecule has 1 saturated heterocycles. The summed E-state index contributed by atoms with van der Waals surface area (Å²) in [7, 11) is 0. The zero-order valence-corrected chi connectivity index (χ0v) is 19.1. The second-order valence-electron chi connectivity index (χ2n) is 9.37. The van der Waals surface area contributed by atoms with Crippen LogP contribution in [-0.2, 0) is 9.59 Å². The number of ether oxygens (including phenoxy) is 1. The van der Waals surface area contributed by atoms with Gasteiger partial charge in [-0.15, -0.1) is 0 Å². The molecule has 4 aliphatic rings. The number of carbonyl (C=O) groups is 2. The van der Waals surface area contributed by atoms with Crippen LogP contribution < -0.4 is 26.0 Å². The molecule has 188 valence electrons. The van der Waals surface area contributed by atoms with Crippen molar-refractivity contribution >= 4 is 23.4 Å².